The van der Waals surface area contributed by atoms with Gasteiger partial charge in [0.1, 0.15) is 6.04 Å². The fourth-order valence-corrected chi connectivity index (χ4v) is 4.32. The monoisotopic (exact) mass is 392 g/mol. The first-order valence-electron chi connectivity index (χ1n) is 9.98. The van der Waals surface area contributed by atoms with Crippen LogP contribution in [0.2, 0.25) is 0 Å². The number of carbonyl (C=O) groups is 3. The van der Waals surface area contributed by atoms with Crippen LogP contribution in [-0.4, -0.2) is 35.2 Å². The summed E-state index contributed by atoms with van der Waals surface area (Å²) in [5.41, 5.74) is 3.83. The molecule has 3 unspecified atom stereocenters. The van der Waals surface area contributed by atoms with E-state index in [1.165, 1.54) is 5.56 Å². The molecule has 0 saturated carbocycles. The second kappa shape index (κ2) is 8.27. The summed E-state index contributed by atoms with van der Waals surface area (Å²) in [6.07, 6.45) is 1.44. The van der Waals surface area contributed by atoms with E-state index in [0.29, 0.717) is 6.42 Å². The molecule has 6 nitrogen and oxygen atoms in total. The van der Waals surface area contributed by atoms with Gasteiger partial charge in [-0.25, -0.2) is 0 Å². The SMILES string of the molecule is O=C(O)C1Cc2ccccc2C(C(=O)CCC(=O)C2NCCc3ccccc32)N1. The van der Waals surface area contributed by atoms with E-state index in [1.807, 2.05) is 48.5 Å². The number of fused-ring (bicyclic) bond motifs is 2. The lowest BCUT2D eigenvalue weighted by Crippen LogP contribution is -2.47. The number of ketones is 2. The minimum Gasteiger partial charge on any atom is -0.480 e. The Hall–Kier alpha value is -2.83. The maximum absolute atomic E-state index is 12.9. The number of aliphatic carboxylic acids is 1. The van der Waals surface area contributed by atoms with Crippen molar-refractivity contribution in [3.63, 3.8) is 0 Å². The predicted molar refractivity (Wildman–Crippen MR) is 108 cm³/mol. The molecule has 2 aromatic rings. The first-order valence-corrected chi connectivity index (χ1v) is 9.98. The summed E-state index contributed by atoms with van der Waals surface area (Å²) in [4.78, 5) is 37.3. The zero-order valence-corrected chi connectivity index (χ0v) is 16.1. The van der Waals surface area contributed by atoms with Crippen molar-refractivity contribution in [3.05, 3.63) is 70.8 Å². The highest BCUT2D eigenvalue weighted by Gasteiger charge is 2.34. The molecule has 0 aliphatic carbocycles. The van der Waals surface area contributed by atoms with Gasteiger partial charge in [-0.15, -0.1) is 0 Å². The summed E-state index contributed by atoms with van der Waals surface area (Å²) in [5, 5.41) is 15.6. The third-order valence-corrected chi connectivity index (χ3v) is 5.83. The Kier molecular flexibility index (Phi) is 5.56. The smallest absolute Gasteiger partial charge is 0.321 e. The van der Waals surface area contributed by atoms with Crippen LogP contribution in [0.4, 0.5) is 0 Å². The van der Waals surface area contributed by atoms with E-state index in [-0.39, 0.29) is 30.4 Å². The maximum atomic E-state index is 12.9. The number of hydrogen-bond acceptors (Lipinski definition) is 5. The standard InChI is InChI=1S/C23H24N2O4/c26-19(21-16-7-3-1-5-14(16)11-12-24-21)9-10-20(27)22-17-8-4-2-6-15(17)13-18(25-22)23(28)29/h1-8,18,21-22,24-25H,9-13H2,(H,28,29). The summed E-state index contributed by atoms with van der Waals surface area (Å²) in [6.45, 7) is 0.735. The zero-order valence-electron chi connectivity index (χ0n) is 16.1. The van der Waals surface area contributed by atoms with Crippen molar-refractivity contribution in [3.8, 4) is 0 Å². The molecule has 4 rings (SSSR count). The van der Waals surface area contributed by atoms with Crippen molar-refractivity contribution >= 4 is 17.5 Å². The molecule has 3 atom stereocenters. The lowest BCUT2D eigenvalue weighted by Gasteiger charge is -2.30. The second-order valence-corrected chi connectivity index (χ2v) is 7.66. The molecular formula is C23H24N2O4. The molecule has 29 heavy (non-hydrogen) atoms. The highest BCUT2D eigenvalue weighted by Crippen LogP contribution is 2.29. The largest absolute Gasteiger partial charge is 0.480 e. The highest BCUT2D eigenvalue weighted by molar-refractivity contribution is 5.93. The molecule has 0 amide bonds. The lowest BCUT2D eigenvalue weighted by molar-refractivity contribution is -0.140. The summed E-state index contributed by atoms with van der Waals surface area (Å²) < 4.78 is 0. The van der Waals surface area contributed by atoms with Gasteiger partial charge >= 0.3 is 5.97 Å². The fraction of sp³-hybridized carbons (Fsp3) is 0.348. The molecule has 0 spiro atoms. The molecule has 3 N–H and O–H groups in total. The molecule has 2 heterocycles. The van der Waals surface area contributed by atoms with E-state index in [0.717, 1.165) is 29.7 Å². The first-order chi connectivity index (χ1) is 14.0. The van der Waals surface area contributed by atoms with Gasteiger partial charge in [0.05, 0.1) is 12.1 Å². The average molecular weight is 392 g/mol. The van der Waals surface area contributed by atoms with E-state index >= 15 is 0 Å². The van der Waals surface area contributed by atoms with Gasteiger partial charge in [0, 0.05) is 19.4 Å². The van der Waals surface area contributed by atoms with Crippen molar-refractivity contribution in [1.82, 2.24) is 10.6 Å². The first kappa shape index (κ1) is 19.5. The number of Topliss-reactive ketones (excluding diaryl/α,β-unsaturated/α-hetero) is 2. The van der Waals surface area contributed by atoms with E-state index in [1.54, 1.807) is 0 Å². The van der Waals surface area contributed by atoms with Gasteiger partial charge < -0.3 is 10.4 Å². The quantitative estimate of drug-likeness (QED) is 0.697. The van der Waals surface area contributed by atoms with Crippen LogP contribution in [0.25, 0.3) is 0 Å². The molecule has 6 heteroatoms. The third kappa shape index (κ3) is 3.99. The highest BCUT2D eigenvalue weighted by atomic mass is 16.4. The van der Waals surface area contributed by atoms with Gasteiger partial charge in [-0.2, -0.15) is 0 Å². The summed E-state index contributed by atoms with van der Waals surface area (Å²) >= 11 is 0. The molecule has 150 valence electrons. The minimum atomic E-state index is -0.976. The Morgan fingerprint density at radius 2 is 1.45 bits per heavy atom. The van der Waals surface area contributed by atoms with Crippen LogP contribution < -0.4 is 10.6 Å². The normalized spacial score (nSPS) is 23.0. The number of rotatable bonds is 6. The van der Waals surface area contributed by atoms with E-state index < -0.39 is 18.1 Å². The minimum absolute atomic E-state index is 0.00983. The van der Waals surface area contributed by atoms with Crippen molar-refractivity contribution < 1.29 is 19.5 Å². The van der Waals surface area contributed by atoms with Gasteiger partial charge in [-0.1, -0.05) is 48.5 Å². The Morgan fingerprint density at radius 1 is 0.862 bits per heavy atom. The van der Waals surface area contributed by atoms with E-state index in [9.17, 15) is 19.5 Å². The van der Waals surface area contributed by atoms with Gasteiger partial charge in [0.15, 0.2) is 11.6 Å². The Balaban J connectivity index is 1.46. The van der Waals surface area contributed by atoms with Crippen LogP contribution in [0.3, 0.4) is 0 Å². The summed E-state index contributed by atoms with van der Waals surface area (Å²) in [5.74, 6) is -1.14. The lowest BCUT2D eigenvalue weighted by atomic mass is 9.86. The van der Waals surface area contributed by atoms with Crippen molar-refractivity contribution in [2.75, 3.05) is 6.54 Å². The zero-order chi connectivity index (χ0) is 20.4. The van der Waals surface area contributed by atoms with Crippen LogP contribution in [-0.2, 0) is 27.2 Å². The van der Waals surface area contributed by atoms with Gasteiger partial charge in [0.2, 0.25) is 0 Å². The number of hydrogen-bond donors (Lipinski definition) is 3. The van der Waals surface area contributed by atoms with Gasteiger partial charge in [0.25, 0.3) is 0 Å². The second-order valence-electron chi connectivity index (χ2n) is 7.66. The topological polar surface area (TPSA) is 95.5 Å². The van der Waals surface area contributed by atoms with Crippen LogP contribution in [0.5, 0.6) is 0 Å². The molecule has 2 aliphatic heterocycles. The van der Waals surface area contributed by atoms with Gasteiger partial charge in [-0.05, 0) is 35.1 Å². The molecular weight excluding hydrogens is 368 g/mol. The number of benzene rings is 2. The molecule has 0 saturated heterocycles. The molecule has 0 aromatic heterocycles. The van der Waals surface area contributed by atoms with E-state index in [2.05, 4.69) is 10.6 Å². The molecule has 0 radical (unpaired) electrons. The molecule has 2 aromatic carbocycles. The van der Waals surface area contributed by atoms with Crippen molar-refractivity contribution in [2.45, 2.75) is 43.8 Å². The summed E-state index contributed by atoms with van der Waals surface area (Å²) in [6, 6.07) is 13.4. The Morgan fingerprint density at radius 3 is 2.14 bits per heavy atom. The fourth-order valence-electron chi connectivity index (χ4n) is 4.32. The van der Waals surface area contributed by atoms with Crippen LogP contribution >= 0.6 is 0 Å². The summed E-state index contributed by atoms with van der Waals surface area (Å²) in [7, 11) is 0. The number of carboxylic acids is 1. The van der Waals surface area contributed by atoms with Crippen molar-refractivity contribution in [2.24, 2.45) is 0 Å². The number of carboxylic acid groups (broad SMARTS) is 1. The molecule has 0 bridgehead atoms. The molecule has 0 fully saturated rings. The van der Waals surface area contributed by atoms with Crippen LogP contribution in [0.15, 0.2) is 48.5 Å². The van der Waals surface area contributed by atoms with E-state index in [4.69, 9.17) is 0 Å². The number of carbonyl (C=O) groups excluding carboxylic acids is 2. The maximum Gasteiger partial charge on any atom is 0.321 e. The third-order valence-electron chi connectivity index (χ3n) is 5.83. The van der Waals surface area contributed by atoms with Gasteiger partial charge in [-0.3, -0.25) is 19.7 Å². The number of nitrogens with one attached hydrogen (secondary N) is 2. The predicted octanol–water partition coefficient (Wildman–Crippen LogP) is 2.13. The molecule has 2 aliphatic rings. The van der Waals surface area contributed by atoms with Crippen LogP contribution in [0, 0.1) is 0 Å². The van der Waals surface area contributed by atoms with Crippen LogP contribution in [0.1, 0.15) is 47.2 Å². The average Bonchev–Trinajstić information content (AvgIpc) is 2.76. The Bertz CT molecular complexity index is 955. The Labute approximate surface area is 169 Å². The van der Waals surface area contributed by atoms with Crippen molar-refractivity contribution in [1.29, 1.82) is 0 Å².